The van der Waals surface area contributed by atoms with Crippen molar-refractivity contribution >= 4 is 22.8 Å². The van der Waals surface area contributed by atoms with Gasteiger partial charge in [-0.1, -0.05) is 24.3 Å². The fourth-order valence-electron chi connectivity index (χ4n) is 3.38. The Balaban J connectivity index is 1.92. The molecule has 5 nitrogen and oxygen atoms in total. The van der Waals surface area contributed by atoms with E-state index >= 15 is 0 Å². The standard InChI is InChI=1S/C22H18O5/c1-4-7-14-20-15(10-11-26-20)21(25-3)18-19(23)17(27-22(14)18)12-13-8-5-6-9-16(13)24-2/h4-6,8-12H,1,7H2,2-3H3/b17-12-. The largest absolute Gasteiger partial charge is 0.496 e. The molecule has 2 heterocycles. The van der Waals surface area contributed by atoms with Crippen molar-refractivity contribution in [1.82, 2.24) is 0 Å². The SMILES string of the molecule is C=CCc1c2c(c(OC)c3ccoc13)C(=O)/C(=C/c1ccccc1OC)O2. The summed E-state index contributed by atoms with van der Waals surface area (Å²) < 4.78 is 22.5. The van der Waals surface area contributed by atoms with Crippen LogP contribution >= 0.6 is 0 Å². The third-order valence-electron chi connectivity index (χ3n) is 4.55. The number of rotatable bonds is 5. The number of ether oxygens (including phenoxy) is 3. The van der Waals surface area contributed by atoms with Crippen molar-refractivity contribution in [3.05, 3.63) is 71.7 Å². The zero-order valence-corrected chi connectivity index (χ0v) is 15.1. The van der Waals surface area contributed by atoms with E-state index in [1.54, 1.807) is 31.6 Å². The van der Waals surface area contributed by atoms with Crippen LogP contribution in [0.4, 0.5) is 0 Å². The first-order valence-corrected chi connectivity index (χ1v) is 8.47. The lowest BCUT2D eigenvalue weighted by Gasteiger charge is -2.10. The van der Waals surface area contributed by atoms with Crippen LogP contribution in [0, 0.1) is 0 Å². The fraction of sp³-hybridized carbons (Fsp3) is 0.136. The van der Waals surface area contributed by atoms with Crippen molar-refractivity contribution in [2.45, 2.75) is 6.42 Å². The number of allylic oxidation sites excluding steroid dienone is 2. The molecule has 1 aliphatic heterocycles. The second kappa shape index (κ2) is 6.68. The molecule has 0 bridgehead atoms. The number of hydrogen-bond donors (Lipinski definition) is 0. The topological polar surface area (TPSA) is 57.9 Å². The lowest BCUT2D eigenvalue weighted by Crippen LogP contribution is -2.01. The van der Waals surface area contributed by atoms with Crippen molar-refractivity contribution < 1.29 is 23.4 Å². The van der Waals surface area contributed by atoms with E-state index in [-0.39, 0.29) is 11.5 Å². The number of carbonyl (C=O) groups is 1. The van der Waals surface area contributed by atoms with E-state index in [1.807, 2.05) is 24.3 Å². The number of para-hydroxylation sites is 1. The van der Waals surface area contributed by atoms with Crippen LogP contribution in [0.15, 0.2) is 59.4 Å². The molecular formula is C22H18O5. The zero-order chi connectivity index (χ0) is 19.0. The van der Waals surface area contributed by atoms with Crippen molar-refractivity contribution in [1.29, 1.82) is 0 Å². The van der Waals surface area contributed by atoms with Gasteiger partial charge in [0, 0.05) is 11.1 Å². The minimum absolute atomic E-state index is 0.214. The Morgan fingerprint density at radius 3 is 2.70 bits per heavy atom. The quantitative estimate of drug-likeness (QED) is 0.482. The van der Waals surface area contributed by atoms with Gasteiger partial charge in [0.2, 0.25) is 5.78 Å². The number of benzene rings is 2. The first-order valence-electron chi connectivity index (χ1n) is 8.47. The first-order chi connectivity index (χ1) is 13.2. The third-order valence-corrected chi connectivity index (χ3v) is 4.55. The second-order valence-corrected chi connectivity index (χ2v) is 6.05. The van der Waals surface area contributed by atoms with Gasteiger partial charge in [0.1, 0.15) is 28.4 Å². The Hall–Kier alpha value is -3.47. The van der Waals surface area contributed by atoms with E-state index in [9.17, 15) is 4.79 Å². The van der Waals surface area contributed by atoms with Gasteiger partial charge in [0.05, 0.1) is 25.9 Å². The fourth-order valence-corrected chi connectivity index (χ4v) is 3.38. The van der Waals surface area contributed by atoms with Crippen molar-refractivity contribution in [3.63, 3.8) is 0 Å². The number of furan rings is 1. The van der Waals surface area contributed by atoms with Gasteiger partial charge in [-0.2, -0.15) is 0 Å². The summed E-state index contributed by atoms with van der Waals surface area (Å²) in [5.74, 6) is 1.55. The summed E-state index contributed by atoms with van der Waals surface area (Å²) >= 11 is 0. The molecule has 136 valence electrons. The van der Waals surface area contributed by atoms with Crippen LogP contribution in [0.2, 0.25) is 0 Å². The lowest BCUT2D eigenvalue weighted by molar-refractivity contribution is 0.101. The molecule has 2 aromatic carbocycles. The predicted octanol–water partition coefficient (Wildman–Crippen LogP) is 4.79. The highest BCUT2D eigenvalue weighted by atomic mass is 16.5. The molecule has 0 unspecified atom stereocenters. The Morgan fingerprint density at radius 2 is 1.96 bits per heavy atom. The van der Waals surface area contributed by atoms with Gasteiger partial charge in [0.15, 0.2) is 5.76 Å². The van der Waals surface area contributed by atoms with E-state index < -0.39 is 0 Å². The molecule has 0 fully saturated rings. The molecule has 5 heteroatoms. The van der Waals surface area contributed by atoms with Gasteiger partial charge in [-0.25, -0.2) is 0 Å². The molecule has 0 atom stereocenters. The van der Waals surface area contributed by atoms with Gasteiger partial charge >= 0.3 is 0 Å². The Kier molecular flexibility index (Phi) is 4.20. The number of methoxy groups -OCH3 is 2. The number of ketones is 1. The lowest BCUT2D eigenvalue weighted by atomic mass is 9.99. The average molecular weight is 362 g/mol. The van der Waals surface area contributed by atoms with Gasteiger partial charge < -0.3 is 18.6 Å². The third kappa shape index (κ3) is 2.59. The van der Waals surface area contributed by atoms with Crippen molar-refractivity contribution in [3.8, 4) is 17.2 Å². The minimum atomic E-state index is -0.235. The summed E-state index contributed by atoms with van der Waals surface area (Å²) in [7, 11) is 3.12. The van der Waals surface area contributed by atoms with Crippen molar-refractivity contribution in [2.75, 3.05) is 14.2 Å². The number of hydrogen-bond acceptors (Lipinski definition) is 5. The molecule has 0 amide bonds. The summed E-state index contributed by atoms with van der Waals surface area (Å²) in [6, 6.07) is 9.22. The van der Waals surface area contributed by atoms with E-state index in [0.717, 1.165) is 16.5 Å². The molecule has 3 aromatic rings. The van der Waals surface area contributed by atoms with Crippen LogP contribution in [0.5, 0.6) is 17.2 Å². The van der Waals surface area contributed by atoms with E-state index in [1.165, 1.54) is 7.11 Å². The van der Waals surface area contributed by atoms with Crippen LogP contribution in [-0.2, 0) is 6.42 Å². The van der Waals surface area contributed by atoms with E-state index in [4.69, 9.17) is 18.6 Å². The predicted molar refractivity (Wildman–Crippen MR) is 103 cm³/mol. The molecule has 0 saturated heterocycles. The molecule has 0 radical (unpaired) electrons. The van der Waals surface area contributed by atoms with E-state index in [0.29, 0.717) is 34.8 Å². The molecule has 0 aliphatic carbocycles. The highest BCUT2D eigenvalue weighted by Gasteiger charge is 2.36. The molecule has 4 rings (SSSR count). The summed E-state index contributed by atoms with van der Waals surface area (Å²) in [4.78, 5) is 13.1. The maximum absolute atomic E-state index is 13.1. The highest BCUT2D eigenvalue weighted by Crippen LogP contribution is 2.47. The monoisotopic (exact) mass is 362 g/mol. The van der Waals surface area contributed by atoms with Crippen LogP contribution in [0.25, 0.3) is 17.0 Å². The number of carbonyl (C=O) groups excluding carboxylic acids is 1. The Morgan fingerprint density at radius 1 is 1.15 bits per heavy atom. The van der Waals surface area contributed by atoms with Crippen LogP contribution in [0.1, 0.15) is 21.5 Å². The molecule has 1 aromatic heterocycles. The summed E-state index contributed by atoms with van der Waals surface area (Å²) in [6.07, 6.45) is 5.51. The molecular weight excluding hydrogens is 344 g/mol. The van der Waals surface area contributed by atoms with Gasteiger partial charge in [0.25, 0.3) is 0 Å². The highest BCUT2D eigenvalue weighted by molar-refractivity contribution is 6.19. The summed E-state index contributed by atoms with van der Waals surface area (Å²) in [5.41, 5.74) is 2.57. The number of fused-ring (bicyclic) bond motifs is 2. The molecule has 0 N–H and O–H groups in total. The summed E-state index contributed by atoms with van der Waals surface area (Å²) in [6.45, 7) is 3.80. The second-order valence-electron chi connectivity index (χ2n) is 6.05. The van der Waals surface area contributed by atoms with Gasteiger partial charge in [-0.05, 0) is 24.6 Å². The van der Waals surface area contributed by atoms with E-state index in [2.05, 4.69) is 6.58 Å². The van der Waals surface area contributed by atoms with Crippen molar-refractivity contribution in [2.24, 2.45) is 0 Å². The maximum atomic E-state index is 13.1. The van der Waals surface area contributed by atoms with Gasteiger partial charge in [-0.15, -0.1) is 6.58 Å². The zero-order valence-electron chi connectivity index (χ0n) is 15.1. The Bertz CT molecular complexity index is 1090. The minimum Gasteiger partial charge on any atom is -0.496 e. The molecule has 0 saturated carbocycles. The van der Waals surface area contributed by atoms with Gasteiger partial charge in [-0.3, -0.25) is 4.79 Å². The van der Waals surface area contributed by atoms with Crippen LogP contribution in [0.3, 0.4) is 0 Å². The molecule has 0 spiro atoms. The molecule has 27 heavy (non-hydrogen) atoms. The van der Waals surface area contributed by atoms with Crippen LogP contribution in [-0.4, -0.2) is 20.0 Å². The molecule has 1 aliphatic rings. The average Bonchev–Trinajstić information content (AvgIpc) is 3.29. The first kappa shape index (κ1) is 17.0. The Labute approximate surface area is 156 Å². The maximum Gasteiger partial charge on any atom is 0.235 e. The number of Topliss-reactive ketones (excluding diaryl/α,β-unsaturated/α-hetero) is 1. The normalized spacial score (nSPS) is 14.3. The smallest absolute Gasteiger partial charge is 0.235 e. The summed E-state index contributed by atoms with van der Waals surface area (Å²) in [5, 5.41) is 0.739. The van der Waals surface area contributed by atoms with Crippen LogP contribution < -0.4 is 14.2 Å².